The molecule has 0 aromatic heterocycles. The average Bonchev–Trinajstić information content (AvgIpc) is 2.29. The van der Waals surface area contributed by atoms with Crippen LogP contribution < -0.4 is 0 Å². The van der Waals surface area contributed by atoms with Gasteiger partial charge in [0.2, 0.25) is 0 Å². The number of fused-ring (bicyclic) bond motifs is 2. The third-order valence-electron chi connectivity index (χ3n) is 5.64. The summed E-state index contributed by atoms with van der Waals surface area (Å²) < 4.78 is 0. The summed E-state index contributed by atoms with van der Waals surface area (Å²) in [5, 5.41) is 0. The molecule has 0 aromatic rings. The first-order valence-corrected chi connectivity index (χ1v) is 7.09. The van der Waals surface area contributed by atoms with Gasteiger partial charge in [-0.25, -0.2) is 0 Å². The molecule has 4 atom stereocenters. The van der Waals surface area contributed by atoms with Gasteiger partial charge in [-0.2, -0.15) is 0 Å². The Kier molecular flexibility index (Phi) is 3.22. The minimum atomic E-state index is 0.315. The molecule has 0 heterocycles. The van der Waals surface area contributed by atoms with Crippen LogP contribution in [0.3, 0.4) is 0 Å². The second kappa shape index (κ2) is 4.26. The summed E-state index contributed by atoms with van der Waals surface area (Å²) in [7, 11) is 0. The minimum absolute atomic E-state index is 0.315. The first kappa shape index (κ1) is 12.9. The molecule has 3 aliphatic carbocycles. The summed E-state index contributed by atoms with van der Waals surface area (Å²) in [6.45, 7) is 11.2. The van der Waals surface area contributed by atoms with E-state index in [9.17, 15) is 4.79 Å². The zero-order valence-corrected chi connectivity index (χ0v) is 11.9. The summed E-state index contributed by atoms with van der Waals surface area (Å²) in [6.07, 6.45) is 5.62. The van der Waals surface area contributed by atoms with Gasteiger partial charge in [-0.1, -0.05) is 33.8 Å². The van der Waals surface area contributed by atoms with Crippen molar-refractivity contribution in [1.82, 2.24) is 0 Å². The van der Waals surface area contributed by atoms with Crippen molar-refractivity contribution in [2.24, 2.45) is 29.1 Å². The maximum Gasteiger partial charge on any atom is 0.157 e. The molecule has 4 unspecified atom stereocenters. The second-order valence-corrected chi connectivity index (χ2v) is 6.75. The van der Waals surface area contributed by atoms with E-state index in [4.69, 9.17) is 0 Å². The third-order valence-corrected chi connectivity index (χ3v) is 5.64. The van der Waals surface area contributed by atoms with E-state index in [1.807, 2.05) is 13.8 Å². The molecule has 1 nitrogen and oxygen atoms in total. The molecule has 3 saturated carbocycles. The van der Waals surface area contributed by atoms with E-state index in [1.54, 1.807) is 0 Å². The summed E-state index contributed by atoms with van der Waals surface area (Å²) in [6, 6.07) is 0. The monoisotopic (exact) mass is 234 g/mol. The van der Waals surface area contributed by atoms with Gasteiger partial charge in [0.15, 0.2) is 5.78 Å². The largest absolute Gasteiger partial charge is 0.295 e. The van der Waals surface area contributed by atoms with Crippen LogP contribution in [0.1, 0.15) is 53.9 Å². The van der Waals surface area contributed by atoms with Crippen molar-refractivity contribution in [3.8, 4) is 0 Å². The Morgan fingerprint density at radius 2 is 2.00 bits per heavy atom. The molecule has 3 aliphatic rings. The molecule has 2 bridgehead atoms. The van der Waals surface area contributed by atoms with E-state index in [0.717, 1.165) is 23.3 Å². The standard InChI is InChI=1S/C16H26O/c1-6-15(17)10(2)7-12-8-13-9-14(11(12)3)16(13,4)5/h7,11-14H,6,8-9H2,1-5H3/b10-7+. The molecule has 0 N–H and O–H groups in total. The Morgan fingerprint density at radius 1 is 1.35 bits per heavy atom. The summed E-state index contributed by atoms with van der Waals surface area (Å²) in [4.78, 5) is 11.6. The molecule has 1 heteroatoms. The Morgan fingerprint density at radius 3 is 2.47 bits per heavy atom. The second-order valence-electron chi connectivity index (χ2n) is 6.75. The van der Waals surface area contributed by atoms with Crippen molar-refractivity contribution in [3.63, 3.8) is 0 Å². The quantitative estimate of drug-likeness (QED) is 0.668. The number of rotatable bonds is 3. The van der Waals surface area contributed by atoms with Crippen molar-refractivity contribution in [1.29, 1.82) is 0 Å². The number of hydrogen-bond donors (Lipinski definition) is 0. The van der Waals surface area contributed by atoms with Gasteiger partial charge in [0.1, 0.15) is 0 Å². The number of hydrogen-bond acceptors (Lipinski definition) is 1. The lowest BCUT2D eigenvalue weighted by Gasteiger charge is -2.62. The topological polar surface area (TPSA) is 17.1 Å². The van der Waals surface area contributed by atoms with Crippen molar-refractivity contribution >= 4 is 5.78 Å². The lowest BCUT2D eigenvalue weighted by Crippen LogP contribution is -2.54. The van der Waals surface area contributed by atoms with Crippen LogP contribution in [0.2, 0.25) is 0 Å². The van der Waals surface area contributed by atoms with Gasteiger partial charge in [0, 0.05) is 6.42 Å². The van der Waals surface area contributed by atoms with Gasteiger partial charge < -0.3 is 0 Å². The molecular weight excluding hydrogens is 208 g/mol. The number of ketones is 1. The molecule has 17 heavy (non-hydrogen) atoms. The highest BCUT2D eigenvalue weighted by molar-refractivity contribution is 5.94. The molecule has 3 fully saturated rings. The molecule has 0 aromatic carbocycles. The Bertz CT molecular complexity index is 351. The predicted molar refractivity (Wildman–Crippen MR) is 71.7 cm³/mol. The van der Waals surface area contributed by atoms with Gasteiger partial charge in [-0.05, 0) is 54.4 Å². The van der Waals surface area contributed by atoms with Crippen LogP contribution in [-0.2, 0) is 4.79 Å². The van der Waals surface area contributed by atoms with Crippen LogP contribution in [-0.4, -0.2) is 5.78 Å². The third kappa shape index (κ3) is 1.98. The van der Waals surface area contributed by atoms with E-state index in [-0.39, 0.29) is 0 Å². The van der Waals surface area contributed by atoms with Gasteiger partial charge in [-0.3, -0.25) is 4.79 Å². The predicted octanol–water partition coefficient (Wildman–Crippen LogP) is 4.23. The molecule has 0 aliphatic heterocycles. The van der Waals surface area contributed by atoms with Crippen LogP contribution >= 0.6 is 0 Å². The highest BCUT2D eigenvalue weighted by atomic mass is 16.1. The number of carbonyl (C=O) groups excluding carboxylic acids is 1. The fourth-order valence-electron chi connectivity index (χ4n) is 4.10. The summed E-state index contributed by atoms with van der Waals surface area (Å²) in [5.41, 5.74) is 1.54. The molecule has 0 radical (unpaired) electrons. The van der Waals surface area contributed by atoms with Crippen LogP contribution in [0.15, 0.2) is 11.6 Å². The maximum atomic E-state index is 11.6. The van der Waals surface area contributed by atoms with E-state index in [0.29, 0.717) is 23.5 Å². The van der Waals surface area contributed by atoms with Crippen LogP contribution in [0, 0.1) is 29.1 Å². The first-order chi connectivity index (χ1) is 7.87. The molecule has 3 rings (SSSR count). The van der Waals surface area contributed by atoms with Crippen LogP contribution in [0.25, 0.3) is 0 Å². The molecular formula is C16H26O. The highest BCUT2D eigenvalue weighted by Gasteiger charge is 2.55. The number of Topliss-reactive ketones (excluding diaryl/α,β-unsaturated/α-hetero) is 1. The van der Waals surface area contributed by atoms with E-state index in [1.165, 1.54) is 12.8 Å². The molecule has 0 amide bonds. The van der Waals surface area contributed by atoms with Crippen molar-refractivity contribution < 1.29 is 4.79 Å². The molecule has 96 valence electrons. The Hall–Kier alpha value is -0.590. The van der Waals surface area contributed by atoms with Crippen molar-refractivity contribution in [2.75, 3.05) is 0 Å². The van der Waals surface area contributed by atoms with Crippen LogP contribution in [0.4, 0.5) is 0 Å². The SMILES string of the molecule is CCC(=O)/C(C)=C/C1CC2CC(C1C)C2(C)C. The van der Waals surface area contributed by atoms with E-state index in [2.05, 4.69) is 26.8 Å². The average molecular weight is 234 g/mol. The van der Waals surface area contributed by atoms with Gasteiger partial charge in [-0.15, -0.1) is 0 Å². The first-order valence-electron chi connectivity index (χ1n) is 7.09. The van der Waals surface area contributed by atoms with Gasteiger partial charge in [0.05, 0.1) is 0 Å². The van der Waals surface area contributed by atoms with Crippen molar-refractivity contribution in [3.05, 3.63) is 11.6 Å². The van der Waals surface area contributed by atoms with Crippen LogP contribution in [0.5, 0.6) is 0 Å². The fourth-order valence-corrected chi connectivity index (χ4v) is 4.10. The zero-order chi connectivity index (χ0) is 12.8. The zero-order valence-electron chi connectivity index (χ0n) is 11.9. The molecule has 0 saturated heterocycles. The molecule has 0 spiro atoms. The number of carbonyl (C=O) groups is 1. The van der Waals surface area contributed by atoms with Gasteiger partial charge >= 0.3 is 0 Å². The summed E-state index contributed by atoms with van der Waals surface area (Å²) in [5.74, 6) is 3.45. The number of allylic oxidation sites excluding steroid dienone is 2. The fraction of sp³-hybridized carbons (Fsp3) is 0.812. The van der Waals surface area contributed by atoms with Gasteiger partial charge in [0.25, 0.3) is 0 Å². The smallest absolute Gasteiger partial charge is 0.157 e. The lowest BCUT2D eigenvalue weighted by atomic mass is 9.43. The van der Waals surface area contributed by atoms with E-state index >= 15 is 0 Å². The Labute approximate surface area is 106 Å². The van der Waals surface area contributed by atoms with Crippen molar-refractivity contribution in [2.45, 2.75) is 53.9 Å². The Balaban J connectivity index is 2.09. The normalized spacial score (nSPS) is 39.7. The maximum absolute atomic E-state index is 11.6. The minimum Gasteiger partial charge on any atom is -0.295 e. The highest BCUT2D eigenvalue weighted by Crippen LogP contribution is 2.63. The summed E-state index contributed by atoms with van der Waals surface area (Å²) >= 11 is 0. The van der Waals surface area contributed by atoms with E-state index < -0.39 is 0 Å². The lowest BCUT2D eigenvalue weighted by molar-refractivity contribution is -0.119.